The molecule has 88 valence electrons. The van der Waals surface area contributed by atoms with E-state index in [0.717, 1.165) is 25.8 Å². The Morgan fingerprint density at radius 1 is 1.20 bits per heavy atom. The smallest absolute Gasteiger partial charge is 0.0771 e. The lowest BCUT2D eigenvalue weighted by Gasteiger charge is -2.31. The van der Waals surface area contributed by atoms with Crippen LogP contribution in [-0.2, 0) is 0 Å². The molecule has 2 aliphatic carbocycles. The van der Waals surface area contributed by atoms with Crippen LogP contribution in [0, 0.1) is 0 Å². The van der Waals surface area contributed by atoms with Crippen molar-refractivity contribution in [2.45, 2.75) is 69.1 Å². The van der Waals surface area contributed by atoms with Gasteiger partial charge in [0.05, 0.1) is 5.60 Å². The van der Waals surface area contributed by atoms with Crippen LogP contribution in [0.4, 0.5) is 0 Å². The zero-order chi connectivity index (χ0) is 10.7. The molecule has 0 spiro atoms. The van der Waals surface area contributed by atoms with E-state index in [-0.39, 0.29) is 0 Å². The third-order valence-electron chi connectivity index (χ3n) is 3.97. The molecule has 0 amide bonds. The Labute approximate surface area is 92.4 Å². The monoisotopic (exact) mass is 212 g/mol. The molecule has 0 bridgehead atoms. The van der Waals surface area contributed by atoms with Crippen LogP contribution in [0.2, 0.25) is 0 Å². The lowest BCUT2D eigenvalue weighted by molar-refractivity contribution is 0.0431. The second-order valence-corrected chi connectivity index (χ2v) is 5.44. The van der Waals surface area contributed by atoms with Crippen molar-refractivity contribution in [3.05, 3.63) is 0 Å². The van der Waals surface area contributed by atoms with Crippen molar-refractivity contribution in [3.8, 4) is 0 Å². The number of hydrogen-bond donors (Lipinski definition) is 3. The summed E-state index contributed by atoms with van der Waals surface area (Å²) in [6.45, 7) is 0.768. The van der Waals surface area contributed by atoms with Crippen LogP contribution in [0.3, 0.4) is 0 Å². The van der Waals surface area contributed by atoms with Crippen LogP contribution in [0.1, 0.15) is 51.4 Å². The van der Waals surface area contributed by atoms with Crippen LogP contribution in [0.25, 0.3) is 0 Å². The summed E-state index contributed by atoms with van der Waals surface area (Å²) in [5.74, 6) is 0. The van der Waals surface area contributed by atoms with Gasteiger partial charge in [-0.15, -0.1) is 0 Å². The van der Waals surface area contributed by atoms with Crippen LogP contribution >= 0.6 is 0 Å². The summed E-state index contributed by atoms with van der Waals surface area (Å²) in [7, 11) is 0. The molecule has 2 fully saturated rings. The molecule has 3 heteroatoms. The fourth-order valence-electron chi connectivity index (χ4n) is 2.96. The summed E-state index contributed by atoms with van der Waals surface area (Å²) < 4.78 is 0. The summed E-state index contributed by atoms with van der Waals surface area (Å²) in [6, 6.07) is 0.910. The first-order chi connectivity index (χ1) is 7.18. The first-order valence-electron chi connectivity index (χ1n) is 6.39. The van der Waals surface area contributed by atoms with Gasteiger partial charge in [0.2, 0.25) is 0 Å². The molecule has 2 unspecified atom stereocenters. The van der Waals surface area contributed by atoms with Crippen LogP contribution in [0.15, 0.2) is 0 Å². The van der Waals surface area contributed by atoms with Crippen molar-refractivity contribution in [3.63, 3.8) is 0 Å². The van der Waals surface area contributed by atoms with Gasteiger partial charge >= 0.3 is 0 Å². The Kier molecular flexibility index (Phi) is 3.65. The minimum atomic E-state index is -0.415. The maximum atomic E-state index is 10.2. The number of rotatable bonds is 3. The largest absolute Gasteiger partial charge is 0.389 e. The SMILES string of the molecule is NC1CCCC(NCC2(O)CCCC2)C1. The first kappa shape index (κ1) is 11.4. The van der Waals surface area contributed by atoms with Crippen molar-refractivity contribution in [2.24, 2.45) is 5.73 Å². The van der Waals surface area contributed by atoms with Crippen molar-refractivity contribution < 1.29 is 5.11 Å². The standard InChI is InChI=1S/C12H24N2O/c13-10-4-3-5-11(8-10)14-9-12(15)6-1-2-7-12/h10-11,14-15H,1-9,13H2. The molecule has 0 saturated heterocycles. The van der Waals surface area contributed by atoms with E-state index in [1.54, 1.807) is 0 Å². The molecule has 2 saturated carbocycles. The molecular weight excluding hydrogens is 188 g/mol. The van der Waals surface area contributed by atoms with Gasteiger partial charge in [0.25, 0.3) is 0 Å². The van der Waals surface area contributed by atoms with Gasteiger partial charge in [0.1, 0.15) is 0 Å². The van der Waals surface area contributed by atoms with E-state index in [4.69, 9.17) is 5.73 Å². The van der Waals surface area contributed by atoms with Gasteiger partial charge in [-0.05, 0) is 32.1 Å². The topological polar surface area (TPSA) is 58.3 Å². The van der Waals surface area contributed by atoms with Gasteiger partial charge in [-0.3, -0.25) is 0 Å². The molecule has 0 aromatic rings. The molecular formula is C12H24N2O. The van der Waals surface area contributed by atoms with E-state index in [0.29, 0.717) is 12.1 Å². The Bertz CT molecular complexity index is 202. The average molecular weight is 212 g/mol. The zero-order valence-corrected chi connectivity index (χ0v) is 9.54. The van der Waals surface area contributed by atoms with E-state index >= 15 is 0 Å². The predicted molar refractivity (Wildman–Crippen MR) is 61.7 cm³/mol. The van der Waals surface area contributed by atoms with Gasteiger partial charge in [0.15, 0.2) is 0 Å². The van der Waals surface area contributed by atoms with E-state index < -0.39 is 5.60 Å². The molecule has 0 aliphatic heterocycles. The highest BCUT2D eigenvalue weighted by Crippen LogP contribution is 2.29. The second kappa shape index (κ2) is 4.81. The Morgan fingerprint density at radius 2 is 1.93 bits per heavy atom. The normalized spacial score (nSPS) is 35.6. The van der Waals surface area contributed by atoms with Gasteiger partial charge < -0.3 is 16.2 Å². The van der Waals surface area contributed by atoms with Gasteiger partial charge in [0, 0.05) is 18.6 Å². The molecule has 4 N–H and O–H groups in total. The lowest BCUT2D eigenvalue weighted by atomic mass is 9.91. The van der Waals surface area contributed by atoms with Crippen molar-refractivity contribution in [2.75, 3.05) is 6.54 Å². The molecule has 0 radical (unpaired) electrons. The van der Waals surface area contributed by atoms with E-state index in [1.165, 1.54) is 32.1 Å². The summed E-state index contributed by atoms with van der Waals surface area (Å²) in [5, 5.41) is 13.7. The summed E-state index contributed by atoms with van der Waals surface area (Å²) in [5.41, 5.74) is 5.52. The minimum Gasteiger partial charge on any atom is -0.389 e. The second-order valence-electron chi connectivity index (χ2n) is 5.44. The zero-order valence-electron chi connectivity index (χ0n) is 9.54. The number of aliphatic hydroxyl groups is 1. The number of hydrogen-bond acceptors (Lipinski definition) is 3. The summed E-state index contributed by atoms with van der Waals surface area (Å²) in [4.78, 5) is 0. The average Bonchev–Trinajstić information content (AvgIpc) is 2.63. The third-order valence-corrected chi connectivity index (χ3v) is 3.97. The van der Waals surface area contributed by atoms with E-state index in [9.17, 15) is 5.11 Å². The fraction of sp³-hybridized carbons (Fsp3) is 1.00. The molecule has 15 heavy (non-hydrogen) atoms. The van der Waals surface area contributed by atoms with Gasteiger partial charge in [-0.1, -0.05) is 19.3 Å². The molecule has 2 rings (SSSR count). The first-order valence-corrected chi connectivity index (χ1v) is 6.39. The molecule has 2 atom stereocenters. The van der Waals surface area contributed by atoms with Crippen molar-refractivity contribution >= 4 is 0 Å². The molecule has 0 aromatic heterocycles. The van der Waals surface area contributed by atoms with Crippen LogP contribution in [-0.4, -0.2) is 29.3 Å². The van der Waals surface area contributed by atoms with E-state index in [2.05, 4.69) is 5.32 Å². The minimum absolute atomic E-state index is 0.370. The highest BCUT2D eigenvalue weighted by molar-refractivity contribution is 4.89. The molecule has 0 aromatic carbocycles. The summed E-state index contributed by atoms with van der Waals surface area (Å²) >= 11 is 0. The van der Waals surface area contributed by atoms with Crippen LogP contribution < -0.4 is 11.1 Å². The Balaban J connectivity index is 1.72. The predicted octanol–water partition coefficient (Wildman–Crippen LogP) is 1.15. The lowest BCUT2D eigenvalue weighted by Crippen LogP contribution is -2.46. The Morgan fingerprint density at radius 3 is 2.60 bits per heavy atom. The third kappa shape index (κ3) is 3.16. The number of nitrogens with two attached hydrogens (primary N) is 1. The maximum Gasteiger partial charge on any atom is 0.0771 e. The fourth-order valence-corrected chi connectivity index (χ4v) is 2.96. The molecule has 3 nitrogen and oxygen atoms in total. The quantitative estimate of drug-likeness (QED) is 0.658. The molecule has 2 aliphatic rings. The molecule has 0 heterocycles. The van der Waals surface area contributed by atoms with Crippen molar-refractivity contribution in [1.82, 2.24) is 5.32 Å². The summed E-state index contributed by atoms with van der Waals surface area (Å²) in [6.07, 6.45) is 9.02. The van der Waals surface area contributed by atoms with Crippen LogP contribution in [0.5, 0.6) is 0 Å². The maximum absolute atomic E-state index is 10.2. The van der Waals surface area contributed by atoms with Gasteiger partial charge in [-0.25, -0.2) is 0 Å². The van der Waals surface area contributed by atoms with E-state index in [1.807, 2.05) is 0 Å². The number of nitrogens with one attached hydrogen (secondary N) is 1. The Hall–Kier alpha value is -0.120. The van der Waals surface area contributed by atoms with Gasteiger partial charge in [-0.2, -0.15) is 0 Å². The highest BCUT2D eigenvalue weighted by Gasteiger charge is 2.31. The van der Waals surface area contributed by atoms with Crippen molar-refractivity contribution in [1.29, 1.82) is 0 Å². The highest BCUT2D eigenvalue weighted by atomic mass is 16.3.